The SMILES string of the molecule is C[C@H](C(=O)OC(C)(C)C)N1CCc2occc2C1=O. The van der Waals surface area contributed by atoms with E-state index in [1.807, 2.05) is 20.8 Å². The van der Waals surface area contributed by atoms with Crippen LogP contribution in [0.25, 0.3) is 0 Å². The number of furan rings is 1. The minimum atomic E-state index is -0.588. The van der Waals surface area contributed by atoms with Crippen LogP contribution < -0.4 is 0 Å². The van der Waals surface area contributed by atoms with E-state index >= 15 is 0 Å². The van der Waals surface area contributed by atoms with Gasteiger partial charge in [-0.1, -0.05) is 0 Å². The highest BCUT2D eigenvalue weighted by Crippen LogP contribution is 2.22. The van der Waals surface area contributed by atoms with E-state index in [1.54, 1.807) is 13.0 Å². The van der Waals surface area contributed by atoms with Crippen LogP contribution >= 0.6 is 0 Å². The summed E-state index contributed by atoms with van der Waals surface area (Å²) in [6.45, 7) is 7.59. The van der Waals surface area contributed by atoms with Crippen molar-refractivity contribution in [2.75, 3.05) is 6.54 Å². The molecule has 5 heteroatoms. The molecule has 0 unspecified atom stereocenters. The van der Waals surface area contributed by atoms with Crippen LogP contribution in [-0.2, 0) is 16.0 Å². The molecular formula is C14H19NO4. The average molecular weight is 265 g/mol. The molecule has 1 aromatic heterocycles. The van der Waals surface area contributed by atoms with Crippen LogP contribution in [0.4, 0.5) is 0 Å². The molecule has 1 aliphatic rings. The number of hydrogen-bond donors (Lipinski definition) is 0. The van der Waals surface area contributed by atoms with Crippen LogP contribution in [0, 0.1) is 0 Å². The van der Waals surface area contributed by atoms with Gasteiger partial charge < -0.3 is 14.1 Å². The van der Waals surface area contributed by atoms with Crippen LogP contribution in [0.5, 0.6) is 0 Å². The maximum atomic E-state index is 12.2. The standard InChI is InChI=1S/C14H19NO4/c1-9(13(17)19-14(2,3)4)15-7-5-11-10(12(15)16)6-8-18-11/h6,8-9H,5,7H2,1-4H3/t9-/m1/s1. The topological polar surface area (TPSA) is 59.8 Å². The molecule has 0 aromatic carbocycles. The van der Waals surface area contributed by atoms with Crippen LogP contribution in [0.2, 0.25) is 0 Å². The smallest absolute Gasteiger partial charge is 0.329 e. The number of amides is 1. The first-order valence-electron chi connectivity index (χ1n) is 6.40. The van der Waals surface area contributed by atoms with Crippen molar-refractivity contribution in [1.82, 2.24) is 4.90 Å². The van der Waals surface area contributed by atoms with Gasteiger partial charge in [-0.2, -0.15) is 0 Å². The molecule has 19 heavy (non-hydrogen) atoms. The molecule has 0 radical (unpaired) electrons. The van der Waals surface area contributed by atoms with Gasteiger partial charge in [0.1, 0.15) is 17.4 Å². The van der Waals surface area contributed by atoms with Crippen LogP contribution in [0.3, 0.4) is 0 Å². The average Bonchev–Trinajstić information content (AvgIpc) is 2.75. The zero-order valence-corrected chi connectivity index (χ0v) is 11.7. The molecule has 0 N–H and O–H groups in total. The van der Waals surface area contributed by atoms with Gasteiger partial charge in [-0.3, -0.25) is 4.79 Å². The molecule has 2 rings (SSSR count). The molecule has 1 aliphatic heterocycles. The first-order valence-corrected chi connectivity index (χ1v) is 6.40. The Morgan fingerprint density at radius 2 is 2.16 bits per heavy atom. The van der Waals surface area contributed by atoms with Crippen LogP contribution in [0.1, 0.15) is 43.8 Å². The van der Waals surface area contributed by atoms with Crippen molar-refractivity contribution in [2.45, 2.75) is 45.8 Å². The zero-order valence-electron chi connectivity index (χ0n) is 11.7. The Labute approximate surface area is 112 Å². The Kier molecular flexibility index (Phi) is 3.39. The highest BCUT2D eigenvalue weighted by molar-refractivity contribution is 5.98. The lowest BCUT2D eigenvalue weighted by Crippen LogP contribution is -2.48. The molecule has 0 saturated heterocycles. The summed E-state index contributed by atoms with van der Waals surface area (Å²) in [5, 5.41) is 0. The van der Waals surface area contributed by atoms with Gasteiger partial charge >= 0.3 is 5.97 Å². The lowest BCUT2D eigenvalue weighted by Gasteiger charge is -2.32. The van der Waals surface area contributed by atoms with Gasteiger partial charge in [0.25, 0.3) is 5.91 Å². The van der Waals surface area contributed by atoms with Crippen molar-refractivity contribution < 1.29 is 18.7 Å². The third kappa shape index (κ3) is 2.80. The fourth-order valence-electron chi connectivity index (χ4n) is 2.09. The molecule has 104 valence electrons. The predicted molar refractivity (Wildman–Crippen MR) is 68.8 cm³/mol. The maximum Gasteiger partial charge on any atom is 0.329 e. The third-order valence-corrected chi connectivity index (χ3v) is 3.03. The predicted octanol–water partition coefficient (Wildman–Crippen LogP) is 2.01. The second-order valence-electron chi connectivity index (χ2n) is 5.72. The van der Waals surface area contributed by atoms with E-state index in [4.69, 9.17) is 9.15 Å². The number of rotatable bonds is 2. The summed E-state index contributed by atoms with van der Waals surface area (Å²) in [6.07, 6.45) is 2.13. The molecule has 0 fully saturated rings. The molecule has 5 nitrogen and oxygen atoms in total. The fourth-order valence-corrected chi connectivity index (χ4v) is 2.09. The Hall–Kier alpha value is -1.78. The number of carbonyl (C=O) groups excluding carboxylic acids is 2. The van der Waals surface area contributed by atoms with Gasteiger partial charge in [0.15, 0.2) is 0 Å². The van der Waals surface area contributed by atoms with E-state index in [1.165, 1.54) is 11.2 Å². The second-order valence-corrected chi connectivity index (χ2v) is 5.72. The van der Waals surface area contributed by atoms with Crippen LogP contribution in [0.15, 0.2) is 16.7 Å². The minimum absolute atomic E-state index is 0.173. The van der Waals surface area contributed by atoms with E-state index in [9.17, 15) is 9.59 Å². The minimum Gasteiger partial charge on any atom is -0.468 e. The van der Waals surface area contributed by atoms with E-state index in [2.05, 4.69) is 0 Å². The van der Waals surface area contributed by atoms with E-state index in [0.29, 0.717) is 24.3 Å². The quantitative estimate of drug-likeness (QED) is 0.767. The summed E-state index contributed by atoms with van der Waals surface area (Å²) >= 11 is 0. The van der Waals surface area contributed by atoms with Crippen molar-refractivity contribution in [3.05, 3.63) is 23.7 Å². The number of esters is 1. The number of ether oxygens (including phenoxy) is 1. The summed E-state index contributed by atoms with van der Waals surface area (Å²) in [4.78, 5) is 25.8. The summed E-state index contributed by atoms with van der Waals surface area (Å²) in [6, 6.07) is 1.06. The molecule has 2 heterocycles. The Balaban J connectivity index is 2.11. The molecule has 0 bridgehead atoms. The molecule has 0 saturated carbocycles. The van der Waals surface area contributed by atoms with Crippen LogP contribution in [-0.4, -0.2) is 35.0 Å². The second kappa shape index (κ2) is 4.72. The highest BCUT2D eigenvalue weighted by atomic mass is 16.6. The molecule has 1 atom stereocenters. The molecule has 1 aromatic rings. The third-order valence-electron chi connectivity index (χ3n) is 3.03. The fraction of sp³-hybridized carbons (Fsp3) is 0.571. The van der Waals surface area contributed by atoms with Gasteiger partial charge in [0.2, 0.25) is 0 Å². The zero-order chi connectivity index (χ0) is 14.2. The molecule has 0 aliphatic carbocycles. The number of hydrogen-bond acceptors (Lipinski definition) is 4. The number of carbonyl (C=O) groups is 2. The Bertz CT molecular complexity index is 498. The lowest BCUT2D eigenvalue weighted by molar-refractivity contribution is -0.159. The summed E-state index contributed by atoms with van der Waals surface area (Å²) < 4.78 is 10.5. The van der Waals surface area contributed by atoms with E-state index < -0.39 is 11.6 Å². The molecule has 0 spiro atoms. The van der Waals surface area contributed by atoms with Crippen molar-refractivity contribution in [1.29, 1.82) is 0 Å². The largest absolute Gasteiger partial charge is 0.468 e. The van der Waals surface area contributed by atoms with Crippen molar-refractivity contribution in [3.8, 4) is 0 Å². The number of nitrogens with zero attached hydrogens (tertiary/aromatic N) is 1. The molecule has 1 amide bonds. The van der Waals surface area contributed by atoms with Gasteiger partial charge in [-0.05, 0) is 33.8 Å². The first-order chi connectivity index (χ1) is 8.79. The molecular weight excluding hydrogens is 246 g/mol. The summed E-state index contributed by atoms with van der Waals surface area (Å²) in [5.41, 5.74) is -0.00741. The Morgan fingerprint density at radius 1 is 1.47 bits per heavy atom. The van der Waals surface area contributed by atoms with E-state index in [0.717, 1.165) is 0 Å². The van der Waals surface area contributed by atoms with Crippen molar-refractivity contribution in [2.24, 2.45) is 0 Å². The van der Waals surface area contributed by atoms with Crippen molar-refractivity contribution >= 4 is 11.9 Å². The normalized spacial score (nSPS) is 17.1. The Morgan fingerprint density at radius 3 is 2.79 bits per heavy atom. The van der Waals surface area contributed by atoms with Gasteiger partial charge in [0, 0.05) is 13.0 Å². The first kappa shape index (κ1) is 13.6. The van der Waals surface area contributed by atoms with Gasteiger partial charge in [-0.15, -0.1) is 0 Å². The van der Waals surface area contributed by atoms with Gasteiger partial charge in [0.05, 0.1) is 11.8 Å². The highest BCUT2D eigenvalue weighted by Gasteiger charge is 2.34. The van der Waals surface area contributed by atoms with Gasteiger partial charge in [-0.25, -0.2) is 4.79 Å². The van der Waals surface area contributed by atoms with Crippen molar-refractivity contribution in [3.63, 3.8) is 0 Å². The monoisotopic (exact) mass is 265 g/mol. The maximum absolute atomic E-state index is 12.2. The summed E-state index contributed by atoms with van der Waals surface area (Å²) in [5.74, 6) is 0.138. The number of fused-ring (bicyclic) bond motifs is 1. The van der Waals surface area contributed by atoms with E-state index in [-0.39, 0.29) is 11.9 Å². The lowest BCUT2D eigenvalue weighted by atomic mass is 10.1. The summed E-state index contributed by atoms with van der Waals surface area (Å²) in [7, 11) is 0.